The monoisotopic (exact) mass is 460 g/mol. The van der Waals surface area contributed by atoms with Crippen LogP contribution in [-0.4, -0.2) is 36.5 Å². The number of ether oxygens (including phenoxy) is 2. The Morgan fingerprint density at radius 2 is 1.64 bits per heavy atom. The van der Waals surface area contributed by atoms with E-state index in [1.54, 1.807) is 36.4 Å². The summed E-state index contributed by atoms with van der Waals surface area (Å²) >= 11 is 1.49. The Morgan fingerprint density at radius 1 is 0.909 bits per heavy atom. The smallest absolute Gasteiger partial charge is 0.339 e. The van der Waals surface area contributed by atoms with Crippen molar-refractivity contribution in [3.8, 4) is 10.6 Å². The number of thiazole rings is 1. The number of carbonyl (C=O) groups is 3. The molecule has 0 spiro atoms. The number of amides is 1. The first-order valence-corrected chi connectivity index (χ1v) is 10.9. The largest absolute Gasteiger partial charge is 0.465 e. The lowest BCUT2D eigenvalue weighted by atomic mass is 10.1. The van der Waals surface area contributed by atoms with E-state index in [1.807, 2.05) is 36.4 Å². The van der Waals surface area contributed by atoms with Crippen LogP contribution in [-0.2, 0) is 20.8 Å². The summed E-state index contributed by atoms with van der Waals surface area (Å²) in [5.41, 5.74) is 3.09. The van der Waals surface area contributed by atoms with Crippen LogP contribution < -0.4 is 5.32 Å². The fourth-order valence-corrected chi connectivity index (χ4v) is 4.18. The van der Waals surface area contributed by atoms with E-state index in [9.17, 15) is 14.4 Å². The molecule has 0 aliphatic rings. The minimum absolute atomic E-state index is 0.236. The Bertz CT molecular complexity index is 1280. The number of fused-ring (bicyclic) bond motifs is 1. The predicted molar refractivity (Wildman–Crippen MR) is 125 cm³/mol. The van der Waals surface area contributed by atoms with Crippen molar-refractivity contribution in [2.75, 3.05) is 13.7 Å². The van der Waals surface area contributed by atoms with Crippen LogP contribution in [0.3, 0.4) is 0 Å². The number of hydrogen-bond acceptors (Lipinski definition) is 7. The number of benzene rings is 3. The second-order valence-electron chi connectivity index (χ2n) is 7.07. The van der Waals surface area contributed by atoms with Gasteiger partial charge in [-0.3, -0.25) is 4.79 Å². The molecule has 7 nitrogen and oxygen atoms in total. The first kappa shape index (κ1) is 22.2. The van der Waals surface area contributed by atoms with E-state index in [2.05, 4.69) is 15.0 Å². The summed E-state index contributed by atoms with van der Waals surface area (Å²) in [4.78, 5) is 40.9. The van der Waals surface area contributed by atoms with Gasteiger partial charge in [0.05, 0.1) is 28.5 Å². The van der Waals surface area contributed by atoms with Crippen molar-refractivity contribution < 1.29 is 23.9 Å². The maximum atomic E-state index is 12.7. The van der Waals surface area contributed by atoms with Gasteiger partial charge in [0.15, 0.2) is 6.61 Å². The number of aromatic nitrogens is 1. The Hall–Kier alpha value is -4.04. The topological polar surface area (TPSA) is 94.6 Å². The zero-order valence-electron chi connectivity index (χ0n) is 17.7. The fourth-order valence-electron chi connectivity index (χ4n) is 3.17. The highest BCUT2D eigenvalue weighted by molar-refractivity contribution is 7.21. The molecule has 3 aromatic carbocycles. The van der Waals surface area contributed by atoms with Gasteiger partial charge in [-0.25, -0.2) is 14.6 Å². The lowest BCUT2D eigenvalue weighted by molar-refractivity contribution is -0.124. The molecule has 0 saturated carbocycles. The van der Waals surface area contributed by atoms with E-state index in [1.165, 1.54) is 18.4 Å². The van der Waals surface area contributed by atoms with Crippen molar-refractivity contribution in [3.63, 3.8) is 0 Å². The summed E-state index contributed by atoms with van der Waals surface area (Å²) in [6.45, 7) is -0.173. The normalized spacial score (nSPS) is 10.6. The second-order valence-corrected chi connectivity index (χ2v) is 8.10. The van der Waals surface area contributed by atoms with Gasteiger partial charge in [0.1, 0.15) is 5.01 Å². The number of nitrogens with zero attached hydrogens (tertiary/aromatic N) is 1. The standard InChI is InChI=1S/C25H20N2O5S/c1-31-24(29)17-12-10-16(11-13-17)14-26-22(28)15-32-25(30)19-7-3-2-6-18(19)23-27-20-8-4-5-9-21(20)33-23/h2-13H,14-15H2,1H3,(H,26,28). The highest BCUT2D eigenvalue weighted by atomic mass is 32.1. The molecule has 0 aliphatic heterocycles. The minimum Gasteiger partial charge on any atom is -0.465 e. The highest BCUT2D eigenvalue weighted by Gasteiger charge is 2.18. The van der Waals surface area contributed by atoms with Gasteiger partial charge in [0, 0.05) is 12.1 Å². The quantitative estimate of drug-likeness (QED) is 0.415. The zero-order chi connectivity index (χ0) is 23.2. The lowest BCUT2D eigenvalue weighted by Crippen LogP contribution is -2.28. The maximum Gasteiger partial charge on any atom is 0.339 e. The van der Waals surface area contributed by atoms with Gasteiger partial charge in [0.25, 0.3) is 5.91 Å². The van der Waals surface area contributed by atoms with Crippen molar-refractivity contribution >= 4 is 39.4 Å². The van der Waals surface area contributed by atoms with Gasteiger partial charge in [-0.1, -0.05) is 42.5 Å². The molecule has 33 heavy (non-hydrogen) atoms. The van der Waals surface area contributed by atoms with Gasteiger partial charge >= 0.3 is 11.9 Å². The Labute approximate surface area is 194 Å². The van der Waals surface area contributed by atoms with Crippen molar-refractivity contribution in [3.05, 3.63) is 89.5 Å². The Kier molecular flexibility index (Phi) is 6.75. The molecule has 1 aromatic heterocycles. The van der Waals surface area contributed by atoms with E-state index >= 15 is 0 Å². The number of carbonyl (C=O) groups excluding carboxylic acids is 3. The van der Waals surface area contributed by atoms with E-state index < -0.39 is 24.5 Å². The van der Waals surface area contributed by atoms with Gasteiger partial charge in [0.2, 0.25) is 0 Å². The molecule has 0 bridgehead atoms. The van der Waals surface area contributed by atoms with Crippen LogP contribution in [0.1, 0.15) is 26.3 Å². The molecule has 166 valence electrons. The molecule has 4 rings (SSSR count). The van der Waals surface area contributed by atoms with Crippen LogP contribution >= 0.6 is 11.3 Å². The van der Waals surface area contributed by atoms with Gasteiger partial charge in [-0.2, -0.15) is 0 Å². The Balaban J connectivity index is 1.36. The Morgan fingerprint density at radius 3 is 2.39 bits per heavy atom. The van der Waals surface area contributed by atoms with Crippen molar-refractivity contribution in [2.24, 2.45) is 0 Å². The molecule has 0 aliphatic carbocycles. The summed E-state index contributed by atoms with van der Waals surface area (Å²) in [5.74, 6) is -1.45. The van der Waals surface area contributed by atoms with Gasteiger partial charge in [-0.05, 0) is 35.9 Å². The van der Waals surface area contributed by atoms with Crippen LogP contribution in [0.2, 0.25) is 0 Å². The maximum absolute atomic E-state index is 12.7. The molecule has 0 radical (unpaired) electrons. The SMILES string of the molecule is COC(=O)c1ccc(CNC(=O)COC(=O)c2ccccc2-c2nc3ccccc3s2)cc1. The molecule has 4 aromatic rings. The van der Waals surface area contributed by atoms with Crippen LogP contribution in [0.15, 0.2) is 72.8 Å². The third kappa shape index (κ3) is 5.24. The average molecular weight is 461 g/mol. The van der Waals surface area contributed by atoms with Gasteiger partial charge in [-0.15, -0.1) is 11.3 Å². The van der Waals surface area contributed by atoms with Crippen LogP contribution in [0.25, 0.3) is 20.8 Å². The van der Waals surface area contributed by atoms with E-state index in [0.29, 0.717) is 21.7 Å². The first-order chi connectivity index (χ1) is 16.0. The number of methoxy groups -OCH3 is 1. The molecule has 0 unspecified atom stereocenters. The summed E-state index contributed by atoms with van der Waals surface area (Å²) in [6.07, 6.45) is 0. The van der Waals surface area contributed by atoms with Crippen molar-refractivity contribution in [1.82, 2.24) is 10.3 Å². The average Bonchev–Trinajstić information content (AvgIpc) is 3.30. The lowest BCUT2D eigenvalue weighted by Gasteiger charge is -2.09. The number of nitrogens with one attached hydrogen (secondary N) is 1. The molecule has 0 fully saturated rings. The summed E-state index contributed by atoms with van der Waals surface area (Å²) in [6, 6.07) is 21.5. The summed E-state index contributed by atoms with van der Waals surface area (Å²) in [5, 5.41) is 3.40. The predicted octanol–water partition coefficient (Wildman–Crippen LogP) is 4.22. The first-order valence-electron chi connectivity index (χ1n) is 10.1. The fraction of sp³-hybridized carbons (Fsp3) is 0.120. The minimum atomic E-state index is -0.595. The van der Waals surface area contributed by atoms with Crippen molar-refractivity contribution in [1.29, 1.82) is 0 Å². The van der Waals surface area contributed by atoms with E-state index in [4.69, 9.17) is 4.74 Å². The van der Waals surface area contributed by atoms with Crippen LogP contribution in [0.4, 0.5) is 0 Å². The van der Waals surface area contributed by atoms with E-state index in [-0.39, 0.29) is 6.54 Å². The highest BCUT2D eigenvalue weighted by Crippen LogP contribution is 2.32. The third-order valence-electron chi connectivity index (χ3n) is 4.87. The second kappa shape index (κ2) is 10.1. The van der Waals surface area contributed by atoms with Crippen LogP contribution in [0.5, 0.6) is 0 Å². The molecule has 1 heterocycles. The summed E-state index contributed by atoms with van der Waals surface area (Å²) < 4.78 is 10.9. The molecule has 1 N–H and O–H groups in total. The molecule has 0 atom stereocenters. The van der Waals surface area contributed by atoms with Crippen molar-refractivity contribution in [2.45, 2.75) is 6.54 Å². The molecule has 8 heteroatoms. The zero-order valence-corrected chi connectivity index (χ0v) is 18.6. The van der Waals surface area contributed by atoms with Crippen LogP contribution in [0, 0.1) is 0 Å². The summed E-state index contributed by atoms with van der Waals surface area (Å²) in [7, 11) is 1.31. The molecular weight excluding hydrogens is 440 g/mol. The number of esters is 2. The third-order valence-corrected chi connectivity index (χ3v) is 5.94. The van der Waals surface area contributed by atoms with E-state index in [0.717, 1.165) is 15.8 Å². The molecule has 0 saturated heterocycles. The van der Waals surface area contributed by atoms with Gasteiger partial charge < -0.3 is 14.8 Å². The molecule has 1 amide bonds. The number of para-hydroxylation sites is 1. The molecular formula is C25H20N2O5S. The number of hydrogen-bond donors (Lipinski definition) is 1. The number of rotatable bonds is 7.